The molecule has 0 bridgehead atoms. The van der Waals surface area contributed by atoms with Gasteiger partial charge < -0.3 is 15.0 Å². The van der Waals surface area contributed by atoms with Gasteiger partial charge in [-0.2, -0.15) is 0 Å². The van der Waals surface area contributed by atoms with Crippen molar-refractivity contribution in [3.8, 4) is 0 Å². The Morgan fingerprint density at radius 3 is 2.05 bits per heavy atom. The highest BCUT2D eigenvalue weighted by Gasteiger charge is 3.11. The van der Waals surface area contributed by atoms with Crippen LogP contribution < -0.4 is 5.32 Å². The van der Waals surface area contributed by atoms with Crippen LogP contribution in [0.3, 0.4) is 0 Å². The predicted octanol–water partition coefficient (Wildman–Crippen LogP) is 1.67. The lowest BCUT2D eigenvalue weighted by Crippen LogP contribution is -3.16. The summed E-state index contributed by atoms with van der Waals surface area (Å²) < 4.78 is 16.5. The van der Waals surface area contributed by atoms with E-state index in [1.54, 1.807) is 0 Å². The van der Waals surface area contributed by atoms with E-state index in [4.69, 9.17) is 5.11 Å². The maximum Gasteiger partial charge on any atom is 0.405 e. The molecule has 0 spiro atoms. The van der Waals surface area contributed by atoms with E-state index in [0.29, 0.717) is 35.5 Å². The molecule has 6 aliphatic rings. The van der Waals surface area contributed by atoms with E-state index in [2.05, 4.69) is 9.71 Å². The van der Waals surface area contributed by atoms with Gasteiger partial charge in [-0.1, -0.05) is 4.40 Å². The van der Waals surface area contributed by atoms with Crippen LogP contribution in [0.2, 0.25) is 0 Å². The van der Waals surface area contributed by atoms with Crippen LogP contribution in [0.4, 0.5) is 4.79 Å². The van der Waals surface area contributed by atoms with Gasteiger partial charge in [-0.15, -0.1) is 0 Å². The molecule has 0 heterocycles. The smallest absolute Gasteiger partial charge is 0.405 e. The first-order valence-electron chi connectivity index (χ1n) is 7.69. The lowest BCUT2D eigenvalue weighted by molar-refractivity contribution is -0.602. The Morgan fingerprint density at radius 1 is 1.19 bits per heavy atom. The maximum absolute atomic E-state index is 12.3. The fourth-order valence-corrected chi connectivity index (χ4v) is 7.71. The first-order valence-corrected chi connectivity index (χ1v) is 8.79. The van der Waals surface area contributed by atoms with Crippen molar-refractivity contribution in [1.29, 1.82) is 0 Å². The highest BCUT2D eigenvalue weighted by molar-refractivity contribution is 7.91. The Hall–Kier alpha value is -0.750. The molecule has 0 unspecified atom stereocenters. The van der Waals surface area contributed by atoms with Gasteiger partial charge >= 0.3 is 6.09 Å². The molecular weight excluding hydrogens is 288 g/mol. The second kappa shape index (κ2) is 3.00. The number of nitrogens with zero attached hydrogens (tertiary/aromatic N) is 1. The molecule has 0 saturated heterocycles. The maximum atomic E-state index is 12.3. The van der Waals surface area contributed by atoms with Gasteiger partial charge in [0.25, 0.3) is 0 Å². The van der Waals surface area contributed by atoms with Crippen LogP contribution in [0.25, 0.3) is 0 Å². The third kappa shape index (κ3) is 0.889. The zero-order chi connectivity index (χ0) is 15.1. The molecule has 1 amide bonds. The molecule has 6 aliphatic carbocycles. The number of hydrogen-bond acceptors (Lipinski definition) is 3. The first kappa shape index (κ1) is 12.8. The largest absolute Gasteiger partial charge is 0.591 e. The van der Waals surface area contributed by atoms with Crippen LogP contribution in [0, 0.1) is 40.9 Å². The minimum atomic E-state index is -1.19. The number of carbonyl (C=O) groups is 1. The van der Waals surface area contributed by atoms with Crippen molar-refractivity contribution in [2.45, 2.75) is 38.0 Å². The molecule has 2 N–H and O–H groups in total. The first-order chi connectivity index (χ1) is 9.70. The summed E-state index contributed by atoms with van der Waals surface area (Å²) in [5.74, 6) is 3.48. The van der Waals surface area contributed by atoms with Crippen LogP contribution >= 0.6 is 0 Å². The summed E-state index contributed by atoms with van der Waals surface area (Å²) >= 11 is -1.19. The standard InChI is InChI=1S/C15H20N2O3S/c1-5(17-21(20)13(2,3)4)14-6-9-7(14)11-8(14)10(6)15(9,11)16-12(18)19/h6-11,16H,1-4H3,(H,18,19)/b17-5+/t6?,7?,8?,9?,10?,11?,14?,15?,21-/m0/s1. The molecule has 0 aromatic carbocycles. The average Bonchev–Trinajstić information content (AvgIpc) is 2.37. The van der Waals surface area contributed by atoms with Crippen molar-refractivity contribution in [2.24, 2.45) is 45.3 Å². The Labute approximate surface area is 126 Å². The monoisotopic (exact) mass is 308 g/mol. The molecule has 0 aromatic heterocycles. The summed E-state index contributed by atoms with van der Waals surface area (Å²) in [5, 5.41) is 11.8. The summed E-state index contributed by atoms with van der Waals surface area (Å²) in [6.07, 6.45) is -0.876. The van der Waals surface area contributed by atoms with Gasteiger partial charge in [0.2, 0.25) is 0 Å². The van der Waals surface area contributed by atoms with Crippen LogP contribution in [0.5, 0.6) is 0 Å². The molecule has 6 saturated carbocycles. The Bertz CT molecular complexity index is 569. The molecule has 0 aliphatic heterocycles. The van der Waals surface area contributed by atoms with Crippen molar-refractivity contribution < 1.29 is 14.5 Å². The normalized spacial score (nSPS) is 58.6. The molecule has 114 valence electrons. The molecular formula is C15H20N2O3S. The third-order valence-electron chi connectivity index (χ3n) is 7.32. The second-order valence-corrected chi connectivity index (χ2v) is 10.4. The molecule has 6 heteroatoms. The van der Waals surface area contributed by atoms with Gasteiger partial charge in [0, 0.05) is 5.41 Å². The lowest BCUT2D eigenvalue weighted by Gasteiger charge is -3.10. The Morgan fingerprint density at radius 2 is 1.67 bits per heavy atom. The Balaban J connectivity index is 1.39. The Kier molecular flexibility index (Phi) is 1.82. The molecule has 0 aromatic rings. The minimum Gasteiger partial charge on any atom is -0.591 e. The summed E-state index contributed by atoms with van der Waals surface area (Å²) in [6.45, 7) is 7.89. The highest BCUT2D eigenvalue weighted by atomic mass is 32.2. The van der Waals surface area contributed by atoms with E-state index in [-0.39, 0.29) is 15.7 Å². The summed E-state index contributed by atoms with van der Waals surface area (Å²) in [7, 11) is 0. The zero-order valence-electron chi connectivity index (χ0n) is 12.6. The number of amides is 1. The van der Waals surface area contributed by atoms with Crippen molar-refractivity contribution in [2.75, 3.05) is 0 Å². The molecule has 0 radical (unpaired) electrons. The fourth-order valence-electron chi connectivity index (χ4n) is 7.03. The average molecular weight is 308 g/mol. The van der Waals surface area contributed by atoms with Gasteiger partial charge in [-0.05, 0) is 63.2 Å². The van der Waals surface area contributed by atoms with Crippen LogP contribution in [0.15, 0.2) is 4.40 Å². The summed E-state index contributed by atoms with van der Waals surface area (Å²) in [6, 6.07) is 0. The molecule has 5 nitrogen and oxygen atoms in total. The van der Waals surface area contributed by atoms with E-state index in [1.807, 2.05) is 27.7 Å². The second-order valence-electron chi connectivity index (χ2n) is 8.49. The van der Waals surface area contributed by atoms with E-state index in [9.17, 15) is 9.35 Å². The van der Waals surface area contributed by atoms with Gasteiger partial charge in [0.05, 0.1) is 11.3 Å². The zero-order valence-corrected chi connectivity index (χ0v) is 13.4. The quantitative estimate of drug-likeness (QED) is 0.614. The molecule has 1 atom stereocenters. The van der Waals surface area contributed by atoms with Crippen LogP contribution in [-0.2, 0) is 11.4 Å². The van der Waals surface area contributed by atoms with Gasteiger partial charge in [-0.25, -0.2) is 4.79 Å². The van der Waals surface area contributed by atoms with Gasteiger partial charge in [-0.3, -0.25) is 0 Å². The van der Waals surface area contributed by atoms with E-state index in [0.717, 1.165) is 5.71 Å². The molecule has 6 rings (SSSR count). The highest BCUT2D eigenvalue weighted by Crippen LogP contribution is 3.07. The molecule has 6 fully saturated rings. The van der Waals surface area contributed by atoms with Gasteiger partial charge in [0.15, 0.2) is 0 Å². The predicted molar refractivity (Wildman–Crippen MR) is 78.3 cm³/mol. The van der Waals surface area contributed by atoms with E-state index < -0.39 is 17.5 Å². The van der Waals surface area contributed by atoms with Crippen LogP contribution in [0.1, 0.15) is 27.7 Å². The minimum absolute atomic E-state index is 0.0585. The van der Waals surface area contributed by atoms with E-state index in [1.165, 1.54) is 0 Å². The van der Waals surface area contributed by atoms with Crippen molar-refractivity contribution in [3.63, 3.8) is 0 Å². The summed E-state index contributed by atoms with van der Waals surface area (Å²) in [4.78, 5) is 11.0. The van der Waals surface area contributed by atoms with Crippen molar-refractivity contribution >= 4 is 23.2 Å². The van der Waals surface area contributed by atoms with Crippen molar-refractivity contribution in [3.05, 3.63) is 0 Å². The molecule has 21 heavy (non-hydrogen) atoms. The third-order valence-corrected chi connectivity index (χ3v) is 8.81. The van der Waals surface area contributed by atoms with E-state index >= 15 is 0 Å². The number of hydrogen-bond donors (Lipinski definition) is 2. The lowest BCUT2D eigenvalue weighted by atomic mass is 8.93. The van der Waals surface area contributed by atoms with Crippen LogP contribution in [-0.4, -0.2) is 31.8 Å². The SMILES string of the molecule is C/C(=N\[S@@+]([O-])C(C)(C)C)C12C3C4C1C1C2C3C41NC(=O)O. The van der Waals surface area contributed by atoms with Crippen molar-refractivity contribution in [1.82, 2.24) is 5.32 Å². The topological polar surface area (TPSA) is 84.8 Å². The number of carboxylic acid groups (broad SMARTS) is 1. The summed E-state index contributed by atoms with van der Waals surface area (Å²) in [5.41, 5.74) is 1.23. The van der Waals surface area contributed by atoms with Gasteiger partial charge in [0.1, 0.15) is 16.1 Å². The number of rotatable bonds is 3. The number of nitrogens with one attached hydrogen (secondary N) is 1. The fraction of sp³-hybridized carbons (Fsp3) is 0.867.